The topological polar surface area (TPSA) is 75.0 Å². The van der Waals surface area contributed by atoms with Crippen molar-refractivity contribution in [3.8, 4) is 5.75 Å². The predicted molar refractivity (Wildman–Crippen MR) is 114 cm³/mol. The normalized spacial score (nSPS) is 22.7. The molecular formula is C23H24N2O4S. The average Bonchev–Trinajstić information content (AvgIpc) is 3.45. The van der Waals surface area contributed by atoms with Gasteiger partial charge >= 0.3 is 5.97 Å². The summed E-state index contributed by atoms with van der Waals surface area (Å²) in [4.78, 5) is 21.4. The molecule has 0 bridgehead atoms. The van der Waals surface area contributed by atoms with Crippen molar-refractivity contribution in [1.29, 1.82) is 0 Å². The number of hydroxylamine groups is 2. The van der Waals surface area contributed by atoms with Crippen LogP contribution in [0, 0.1) is 5.92 Å². The van der Waals surface area contributed by atoms with Crippen LogP contribution in [0.2, 0.25) is 0 Å². The molecule has 1 N–H and O–H groups in total. The first-order valence-electron chi connectivity index (χ1n) is 10.4. The van der Waals surface area contributed by atoms with E-state index in [1.807, 2.05) is 42.5 Å². The van der Waals surface area contributed by atoms with E-state index in [-0.39, 0.29) is 6.04 Å². The van der Waals surface area contributed by atoms with Crippen LogP contribution in [0.3, 0.4) is 0 Å². The Hall–Kier alpha value is -2.48. The minimum absolute atomic E-state index is 0.0234. The molecule has 3 unspecified atom stereocenters. The molecule has 2 heterocycles. The molecule has 2 aromatic carbocycles. The lowest BCUT2D eigenvalue weighted by Crippen LogP contribution is -2.25. The summed E-state index contributed by atoms with van der Waals surface area (Å²) in [5.74, 6) is 0.270. The summed E-state index contributed by atoms with van der Waals surface area (Å²) in [6, 6.07) is 16.0. The number of para-hydroxylation sites is 1. The van der Waals surface area contributed by atoms with Crippen molar-refractivity contribution < 1.29 is 19.5 Å². The molecule has 0 amide bonds. The van der Waals surface area contributed by atoms with E-state index in [0.29, 0.717) is 12.5 Å². The largest absolute Gasteiger partial charge is 0.486 e. The SMILES string of the molecule is O=C(O)C1ON1C(c1ccc(OCc2nc3ccccc3s2)cc1)C1CCCCC1. The maximum absolute atomic E-state index is 11.3. The van der Waals surface area contributed by atoms with Gasteiger partial charge in [0.1, 0.15) is 17.4 Å². The second kappa shape index (κ2) is 8.34. The summed E-state index contributed by atoms with van der Waals surface area (Å²) in [6.07, 6.45) is 5.02. The molecule has 1 aliphatic carbocycles. The quantitative estimate of drug-likeness (QED) is 0.529. The number of carboxylic acid groups (broad SMARTS) is 1. The number of hydrogen-bond acceptors (Lipinski definition) is 6. The Balaban J connectivity index is 1.28. The van der Waals surface area contributed by atoms with Crippen molar-refractivity contribution in [2.45, 2.75) is 51.0 Å². The second-order valence-corrected chi connectivity index (χ2v) is 9.05. The summed E-state index contributed by atoms with van der Waals surface area (Å²) in [5, 5.41) is 11.9. The van der Waals surface area contributed by atoms with Gasteiger partial charge in [0.05, 0.1) is 16.3 Å². The van der Waals surface area contributed by atoms with Crippen molar-refractivity contribution >= 4 is 27.5 Å². The monoisotopic (exact) mass is 424 g/mol. The first-order chi connectivity index (χ1) is 14.7. The number of hydrogen-bond donors (Lipinski definition) is 1. The molecule has 1 saturated heterocycles. The number of aromatic nitrogens is 1. The molecule has 2 aliphatic rings. The maximum Gasteiger partial charge on any atom is 0.352 e. The van der Waals surface area contributed by atoms with Crippen molar-refractivity contribution in [3.05, 3.63) is 59.1 Å². The summed E-state index contributed by atoms with van der Waals surface area (Å²) in [5.41, 5.74) is 2.08. The Kier molecular flexibility index (Phi) is 5.41. The zero-order valence-electron chi connectivity index (χ0n) is 16.6. The Labute approximate surface area is 179 Å². The molecule has 30 heavy (non-hydrogen) atoms. The average molecular weight is 425 g/mol. The summed E-state index contributed by atoms with van der Waals surface area (Å²) < 4.78 is 7.11. The van der Waals surface area contributed by atoms with Gasteiger partial charge in [-0.15, -0.1) is 16.4 Å². The summed E-state index contributed by atoms with van der Waals surface area (Å²) >= 11 is 1.64. The molecule has 3 aromatic rings. The lowest BCUT2D eigenvalue weighted by atomic mass is 9.81. The standard InChI is InChI=1S/C23H24N2O4S/c26-23(27)22-25(29-22)21(15-6-2-1-3-7-15)16-10-12-17(13-11-16)28-14-20-24-18-8-4-5-9-19(18)30-20/h4-5,8-13,15,21-22H,1-3,6-7,14H2,(H,26,27). The Morgan fingerprint density at radius 3 is 2.63 bits per heavy atom. The maximum atomic E-state index is 11.3. The van der Waals surface area contributed by atoms with Crippen LogP contribution >= 0.6 is 11.3 Å². The van der Waals surface area contributed by atoms with E-state index in [9.17, 15) is 9.90 Å². The molecule has 1 aliphatic heterocycles. The van der Waals surface area contributed by atoms with Crippen LogP contribution in [-0.4, -0.2) is 27.4 Å². The fraction of sp³-hybridized carbons (Fsp3) is 0.391. The van der Waals surface area contributed by atoms with E-state index >= 15 is 0 Å². The summed E-state index contributed by atoms with van der Waals surface area (Å²) in [7, 11) is 0. The van der Waals surface area contributed by atoms with Gasteiger partial charge in [-0.2, -0.15) is 0 Å². The highest BCUT2D eigenvalue weighted by Gasteiger charge is 2.50. The zero-order valence-corrected chi connectivity index (χ0v) is 17.4. The number of ether oxygens (including phenoxy) is 1. The molecule has 156 valence electrons. The fourth-order valence-electron chi connectivity index (χ4n) is 4.42. The Morgan fingerprint density at radius 1 is 1.17 bits per heavy atom. The van der Waals surface area contributed by atoms with Crippen molar-refractivity contribution in [2.75, 3.05) is 0 Å². The number of thiazole rings is 1. The van der Waals surface area contributed by atoms with E-state index in [1.54, 1.807) is 16.4 Å². The number of rotatable bonds is 7. The minimum atomic E-state index is -0.924. The van der Waals surface area contributed by atoms with Gasteiger partial charge in [-0.25, -0.2) is 9.78 Å². The smallest absolute Gasteiger partial charge is 0.352 e. The third-order valence-electron chi connectivity index (χ3n) is 5.91. The third-order valence-corrected chi connectivity index (χ3v) is 6.92. The lowest BCUT2D eigenvalue weighted by molar-refractivity contribution is -0.138. The number of carbonyl (C=O) groups is 1. The van der Waals surface area contributed by atoms with Crippen LogP contribution in [0.15, 0.2) is 48.5 Å². The van der Waals surface area contributed by atoms with Crippen LogP contribution in [0.5, 0.6) is 5.75 Å². The number of benzene rings is 2. The van der Waals surface area contributed by atoms with Crippen molar-refractivity contribution in [2.24, 2.45) is 5.92 Å². The number of nitrogens with zero attached hydrogens (tertiary/aromatic N) is 2. The van der Waals surface area contributed by atoms with Crippen molar-refractivity contribution in [1.82, 2.24) is 10.0 Å². The van der Waals surface area contributed by atoms with Crippen LogP contribution in [0.1, 0.15) is 48.7 Å². The first-order valence-corrected chi connectivity index (χ1v) is 11.3. The highest BCUT2D eigenvalue weighted by atomic mass is 32.1. The fourth-order valence-corrected chi connectivity index (χ4v) is 5.30. The van der Waals surface area contributed by atoms with Gasteiger partial charge < -0.3 is 9.84 Å². The van der Waals surface area contributed by atoms with E-state index in [4.69, 9.17) is 9.57 Å². The molecule has 2 fully saturated rings. The van der Waals surface area contributed by atoms with Gasteiger partial charge in [-0.1, -0.05) is 43.5 Å². The number of carboxylic acids is 1. The number of aliphatic carboxylic acids is 1. The van der Waals surface area contributed by atoms with E-state index in [2.05, 4.69) is 11.1 Å². The molecule has 0 spiro atoms. The Morgan fingerprint density at radius 2 is 1.93 bits per heavy atom. The van der Waals surface area contributed by atoms with Crippen molar-refractivity contribution in [3.63, 3.8) is 0 Å². The van der Waals surface area contributed by atoms with Gasteiger partial charge in [-0.05, 0) is 48.6 Å². The lowest BCUT2D eigenvalue weighted by Gasteiger charge is -2.30. The highest BCUT2D eigenvalue weighted by Crippen LogP contribution is 2.44. The van der Waals surface area contributed by atoms with Crippen LogP contribution < -0.4 is 4.74 Å². The summed E-state index contributed by atoms with van der Waals surface area (Å²) in [6.45, 7) is 0.432. The van der Waals surface area contributed by atoms with E-state index < -0.39 is 12.2 Å². The molecule has 1 aromatic heterocycles. The van der Waals surface area contributed by atoms with Gasteiger partial charge in [0.15, 0.2) is 0 Å². The van der Waals surface area contributed by atoms with Crippen LogP contribution in [-0.2, 0) is 16.2 Å². The molecule has 3 atom stereocenters. The first kappa shape index (κ1) is 19.5. The van der Waals surface area contributed by atoms with Gasteiger partial charge in [-0.3, -0.25) is 4.84 Å². The van der Waals surface area contributed by atoms with Gasteiger partial charge in [0.2, 0.25) is 0 Å². The molecular weight excluding hydrogens is 400 g/mol. The molecule has 0 radical (unpaired) electrons. The van der Waals surface area contributed by atoms with Crippen LogP contribution in [0.25, 0.3) is 10.2 Å². The molecule has 6 nitrogen and oxygen atoms in total. The van der Waals surface area contributed by atoms with Gasteiger partial charge in [0, 0.05) is 0 Å². The molecule has 1 saturated carbocycles. The van der Waals surface area contributed by atoms with Crippen LogP contribution in [0.4, 0.5) is 0 Å². The zero-order chi connectivity index (χ0) is 20.5. The minimum Gasteiger partial charge on any atom is -0.486 e. The second-order valence-electron chi connectivity index (χ2n) is 7.93. The van der Waals surface area contributed by atoms with E-state index in [0.717, 1.165) is 39.4 Å². The predicted octanol–water partition coefficient (Wildman–Crippen LogP) is 5.15. The third kappa shape index (κ3) is 4.05. The highest BCUT2D eigenvalue weighted by molar-refractivity contribution is 7.18. The molecule has 5 rings (SSSR count). The Bertz CT molecular complexity index is 996. The molecule has 7 heteroatoms. The van der Waals surface area contributed by atoms with Gasteiger partial charge in [0.25, 0.3) is 6.23 Å². The van der Waals surface area contributed by atoms with E-state index in [1.165, 1.54) is 19.3 Å². The number of fused-ring (bicyclic) bond motifs is 1.